The van der Waals surface area contributed by atoms with Crippen molar-refractivity contribution in [1.29, 1.82) is 0 Å². The summed E-state index contributed by atoms with van der Waals surface area (Å²) in [6.07, 6.45) is -2.36. The van der Waals surface area contributed by atoms with E-state index in [1.165, 1.54) is 0 Å². The standard InChI is InChI=1S/C15H13N3O3/c16-18-17-8-12(19)14(20)11-6-3-5-10-9-4-1-2-7-13(9)21-15(10)11/h1-7,12,14,19-20H,8H2. The van der Waals surface area contributed by atoms with E-state index in [4.69, 9.17) is 9.95 Å². The largest absolute Gasteiger partial charge is 0.456 e. The number of azide groups is 1. The number of hydrogen-bond donors (Lipinski definition) is 2. The molecule has 0 saturated heterocycles. The molecule has 0 radical (unpaired) electrons. The molecule has 3 rings (SSSR count). The first-order valence-corrected chi connectivity index (χ1v) is 6.49. The summed E-state index contributed by atoms with van der Waals surface area (Å²) in [5.74, 6) is 0. The van der Waals surface area contributed by atoms with Crippen LogP contribution in [0, 0.1) is 0 Å². The van der Waals surface area contributed by atoms with Crippen molar-refractivity contribution in [3.8, 4) is 0 Å². The fraction of sp³-hybridized carbons (Fsp3) is 0.200. The maximum Gasteiger partial charge on any atom is 0.141 e. The molecule has 1 heterocycles. The van der Waals surface area contributed by atoms with Gasteiger partial charge in [0.25, 0.3) is 0 Å². The van der Waals surface area contributed by atoms with Gasteiger partial charge >= 0.3 is 0 Å². The van der Waals surface area contributed by atoms with E-state index in [0.29, 0.717) is 11.1 Å². The van der Waals surface area contributed by atoms with Crippen LogP contribution in [0.15, 0.2) is 52.0 Å². The second kappa shape index (κ2) is 5.46. The Bertz CT molecular complexity index is 836. The van der Waals surface area contributed by atoms with Crippen molar-refractivity contribution in [2.45, 2.75) is 12.2 Å². The lowest BCUT2D eigenvalue weighted by molar-refractivity contribution is 0.0248. The highest BCUT2D eigenvalue weighted by Gasteiger charge is 2.22. The molecule has 0 spiro atoms. The first kappa shape index (κ1) is 13.5. The minimum Gasteiger partial charge on any atom is -0.456 e. The predicted octanol–water partition coefficient (Wildman–Crippen LogP) is 3.29. The van der Waals surface area contributed by atoms with Gasteiger partial charge in [-0.15, -0.1) is 0 Å². The van der Waals surface area contributed by atoms with E-state index in [1.54, 1.807) is 12.1 Å². The quantitative estimate of drug-likeness (QED) is 0.436. The monoisotopic (exact) mass is 283 g/mol. The SMILES string of the molecule is [N-]=[N+]=NCC(O)C(O)c1cccc2c1oc1ccccc12. The summed E-state index contributed by atoms with van der Waals surface area (Å²) in [6.45, 7) is -0.200. The summed E-state index contributed by atoms with van der Waals surface area (Å²) >= 11 is 0. The van der Waals surface area contributed by atoms with Crippen LogP contribution in [-0.4, -0.2) is 22.9 Å². The van der Waals surface area contributed by atoms with Gasteiger partial charge in [0.1, 0.15) is 17.3 Å². The van der Waals surface area contributed by atoms with Gasteiger partial charge in [0.05, 0.1) is 12.6 Å². The third-order valence-corrected chi connectivity index (χ3v) is 3.45. The van der Waals surface area contributed by atoms with Crippen LogP contribution in [0.25, 0.3) is 32.4 Å². The fourth-order valence-corrected chi connectivity index (χ4v) is 2.43. The Kier molecular flexibility index (Phi) is 3.50. The molecule has 0 aliphatic heterocycles. The lowest BCUT2D eigenvalue weighted by atomic mass is 10.0. The second-order valence-electron chi connectivity index (χ2n) is 4.75. The van der Waals surface area contributed by atoms with Crippen molar-refractivity contribution in [3.63, 3.8) is 0 Å². The molecular formula is C15H13N3O3. The Hall–Kier alpha value is -2.53. The highest BCUT2D eigenvalue weighted by atomic mass is 16.3. The van der Waals surface area contributed by atoms with Gasteiger partial charge in [-0.2, -0.15) is 0 Å². The van der Waals surface area contributed by atoms with Gasteiger partial charge in [0, 0.05) is 21.2 Å². The molecule has 6 nitrogen and oxygen atoms in total. The third kappa shape index (κ3) is 2.32. The zero-order valence-corrected chi connectivity index (χ0v) is 11.0. The van der Waals surface area contributed by atoms with E-state index in [9.17, 15) is 10.2 Å². The van der Waals surface area contributed by atoms with E-state index in [2.05, 4.69) is 10.0 Å². The summed E-state index contributed by atoms with van der Waals surface area (Å²) in [5, 5.41) is 25.2. The van der Waals surface area contributed by atoms with Crippen LogP contribution in [-0.2, 0) is 0 Å². The van der Waals surface area contributed by atoms with E-state index in [-0.39, 0.29) is 6.54 Å². The molecule has 0 fully saturated rings. The van der Waals surface area contributed by atoms with Gasteiger partial charge in [-0.05, 0) is 11.6 Å². The highest BCUT2D eigenvalue weighted by molar-refractivity contribution is 6.05. The first-order valence-electron chi connectivity index (χ1n) is 6.49. The van der Waals surface area contributed by atoms with Crippen LogP contribution in [0.4, 0.5) is 0 Å². The van der Waals surface area contributed by atoms with Gasteiger partial charge in [0.2, 0.25) is 0 Å². The molecule has 2 atom stereocenters. The molecular weight excluding hydrogens is 270 g/mol. The molecule has 1 aromatic heterocycles. The Labute approximate surface area is 119 Å². The number of hydrogen-bond acceptors (Lipinski definition) is 4. The molecule has 0 bridgehead atoms. The first-order chi connectivity index (χ1) is 10.2. The Morgan fingerprint density at radius 3 is 2.67 bits per heavy atom. The van der Waals surface area contributed by atoms with Crippen molar-refractivity contribution in [3.05, 3.63) is 58.5 Å². The molecule has 0 aliphatic rings. The number of para-hydroxylation sites is 2. The van der Waals surface area contributed by atoms with Gasteiger partial charge in [-0.25, -0.2) is 0 Å². The average Bonchev–Trinajstić information content (AvgIpc) is 2.90. The summed E-state index contributed by atoms with van der Waals surface area (Å²) in [6, 6.07) is 13.0. The van der Waals surface area contributed by atoms with Crippen molar-refractivity contribution >= 4 is 21.9 Å². The lowest BCUT2D eigenvalue weighted by Crippen LogP contribution is -2.21. The normalized spacial score (nSPS) is 14.0. The van der Waals surface area contributed by atoms with Crippen LogP contribution in [0.5, 0.6) is 0 Å². The molecule has 0 amide bonds. The Balaban J connectivity index is 2.12. The molecule has 2 N–H and O–H groups in total. The van der Waals surface area contributed by atoms with Gasteiger partial charge in [0.15, 0.2) is 0 Å². The van der Waals surface area contributed by atoms with Crippen molar-refractivity contribution in [1.82, 2.24) is 0 Å². The van der Waals surface area contributed by atoms with Gasteiger partial charge in [-0.1, -0.05) is 41.5 Å². The minimum absolute atomic E-state index is 0.200. The number of benzene rings is 2. The number of furan rings is 1. The summed E-state index contributed by atoms with van der Waals surface area (Å²) in [7, 11) is 0. The molecule has 3 aromatic rings. The second-order valence-corrected chi connectivity index (χ2v) is 4.75. The highest BCUT2D eigenvalue weighted by Crippen LogP contribution is 2.34. The van der Waals surface area contributed by atoms with Crippen molar-refractivity contribution < 1.29 is 14.6 Å². The summed E-state index contributed by atoms with van der Waals surface area (Å²) in [4.78, 5) is 2.58. The maximum atomic E-state index is 10.2. The number of nitrogens with zero attached hydrogens (tertiary/aromatic N) is 3. The van der Waals surface area contributed by atoms with Gasteiger partial charge in [-0.3, -0.25) is 0 Å². The number of fused-ring (bicyclic) bond motifs is 3. The minimum atomic E-state index is -1.18. The van der Waals surface area contributed by atoms with E-state index in [1.807, 2.05) is 30.3 Å². The number of aliphatic hydroxyl groups excluding tert-OH is 2. The fourth-order valence-electron chi connectivity index (χ4n) is 2.43. The van der Waals surface area contributed by atoms with Crippen molar-refractivity contribution in [2.75, 3.05) is 6.54 Å². The van der Waals surface area contributed by atoms with Crippen LogP contribution in [0.3, 0.4) is 0 Å². The number of aliphatic hydroxyl groups is 2. The van der Waals surface area contributed by atoms with E-state index in [0.717, 1.165) is 16.4 Å². The number of rotatable bonds is 4. The van der Waals surface area contributed by atoms with E-state index >= 15 is 0 Å². The van der Waals surface area contributed by atoms with Crippen LogP contribution in [0.2, 0.25) is 0 Å². The molecule has 0 aliphatic carbocycles. The van der Waals surface area contributed by atoms with Crippen LogP contribution < -0.4 is 0 Å². The lowest BCUT2D eigenvalue weighted by Gasteiger charge is -2.16. The Morgan fingerprint density at radius 1 is 1.10 bits per heavy atom. The molecule has 0 saturated carbocycles. The Morgan fingerprint density at radius 2 is 1.86 bits per heavy atom. The van der Waals surface area contributed by atoms with Crippen molar-refractivity contribution in [2.24, 2.45) is 5.11 Å². The van der Waals surface area contributed by atoms with Crippen LogP contribution >= 0.6 is 0 Å². The van der Waals surface area contributed by atoms with E-state index < -0.39 is 12.2 Å². The van der Waals surface area contributed by atoms with Crippen LogP contribution in [0.1, 0.15) is 11.7 Å². The molecule has 106 valence electrons. The third-order valence-electron chi connectivity index (χ3n) is 3.45. The summed E-state index contributed by atoms with van der Waals surface area (Å²) in [5.41, 5.74) is 10.0. The maximum absolute atomic E-state index is 10.2. The zero-order valence-electron chi connectivity index (χ0n) is 11.0. The zero-order chi connectivity index (χ0) is 14.8. The summed E-state index contributed by atoms with van der Waals surface area (Å²) < 4.78 is 5.78. The molecule has 21 heavy (non-hydrogen) atoms. The average molecular weight is 283 g/mol. The molecule has 6 heteroatoms. The smallest absolute Gasteiger partial charge is 0.141 e. The molecule has 2 unspecified atom stereocenters. The topological polar surface area (TPSA) is 102 Å². The van der Waals surface area contributed by atoms with Gasteiger partial charge < -0.3 is 14.6 Å². The predicted molar refractivity (Wildman–Crippen MR) is 78.7 cm³/mol. The molecule has 2 aromatic carbocycles.